The molecule has 10 aromatic carbocycles. The van der Waals surface area contributed by atoms with Crippen molar-refractivity contribution in [2.45, 2.75) is 426 Å². The molecule has 5 nitrogen and oxygen atoms in total. The average molecular weight is 1930 g/mol. The number of fused-ring (bicyclic) bond motifs is 6. The first-order valence-corrected chi connectivity index (χ1v) is 59.8. The topological polar surface area (TPSA) is 46.2 Å². The summed E-state index contributed by atoms with van der Waals surface area (Å²) in [5, 5.41) is 6.65. The Bertz CT molecular complexity index is 5440. The van der Waals surface area contributed by atoms with Crippen LogP contribution in [0.2, 0.25) is 24.2 Å². The Morgan fingerprint density at radius 3 is 0.750 bits per heavy atom. The van der Waals surface area contributed by atoms with E-state index >= 15 is 0 Å². The predicted octanol–water partition coefficient (Wildman–Crippen LogP) is 34.3. The summed E-state index contributed by atoms with van der Waals surface area (Å²) >= 11 is 3.70. The molecule has 0 radical (unpaired) electrons. The minimum Gasteiger partial charge on any atom is -0.494 e. The van der Waals surface area contributed by atoms with Crippen LogP contribution in [0.15, 0.2) is 150 Å². The van der Waals surface area contributed by atoms with E-state index in [4.69, 9.17) is 23.4 Å². The predicted molar refractivity (Wildman–Crippen MR) is 604 cm³/mol. The summed E-state index contributed by atoms with van der Waals surface area (Å²) in [5.74, 6) is 0.982. The van der Waals surface area contributed by atoms with Crippen LogP contribution in [0.1, 0.15) is 361 Å². The first-order chi connectivity index (χ1) is 65.0. The summed E-state index contributed by atoms with van der Waals surface area (Å²) in [6, 6.07) is 62.2. The molecule has 2 saturated heterocycles. The monoisotopic (exact) mass is 1930 g/mol. The van der Waals surface area contributed by atoms with Crippen molar-refractivity contribution in [2.24, 2.45) is 0 Å². The van der Waals surface area contributed by atoms with Crippen LogP contribution in [0, 0.1) is 96.9 Å². The lowest BCUT2D eigenvalue weighted by Crippen LogP contribution is -2.57. The van der Waals surface area contributed by atoms with Crippen molar-refractivity contribution < 1.29 is 23.4 Å². The highest BCUT2D eigenvalue weighted by molar-refractivity contribution is 9.10. The molecular formula is C126H175B2BrO5Si2. The van der Waals surface area contributed by atoms with Crippen LogP contribution >= 0.6 is 15.9 Å². The molecule has 0 aliphatic carbocycles. The first kappa shape index (κ1) is 108. The van der Waals surface area contributed by atoms with Crippen LogP contribution in [0.5, 0.6) is 5.75 Å². The Labute approximate surface area is 839 Å². The second-order valence-corrected chi connectivity index (χ2v) is 53.4. The molecule has 0 N–H and O–H groups in total. The molecule has 0 aromatic heterocycles. The molecule has 4 aliphatic rings. The number of rotatable bonds is 43. The molecule has 730 valence electrons. The van der Waals surface area contributed by atoms with E-state index in [0.29, 0.717) is 0 Å². The lowest BCUT2D eigenvalue weighted by Gasteiger charge is -2.32. The fourth-order valence-electron chi connectivity index (χ4n) is 23.0. The second kappa shape index (κ2) is 48.1. The molecule has 0 amide bonds. The van der Waals surface area contributed by atoms with Crippen LogP contribution in [-0.4, -0.2) is 59.4 Å². The molecule has 136 heavy (non-hydrogen) atoms. The normalized spacial score (nSPS) is 15.4. The molecule has 4 heterocycles. The highest BCUT2D eigenvalue weighted by atomic mass is 79.9. The highest BCUT2D eigenvalue weighted by Crippen LogP contribution is 2.48. The van der Waals surface area contributed by atoms with Gasteiger partial charge in [-0.2, -0.15) is 0 Å². The third-order valence-electron chi connectivity index (χ3n) is 33.6. The van der Waals surface area contributed by atoms with Crippen molar-refractivity contribution in [1.29, 1.82) is 0 Å². The van der Waals surface area contributed by atoms with Crippen LogP contribution in [0.25, 0.3) is 77.9 Å². The maximum atomic E-state index is 6.61. The Morgan fingerprint density at radius 1 is 0.250 bits per heavy atom. The van der Waals surface area contributed by atoms with Gasteiger partial charge in [-0.25, -0.2) is 0 Å². The van der Waals surface area contributed by atoms with Crippen LogP contribution < -0.4 is 36.4 Å². The van der Waals surface area contributed by atoms with E-state index in [2.05, 4.69) is 348 Å². The van der Waals surface area contributed by atoms with Crippen molar-refractivity contribution in [2.75, 3.05) is 6.61 Å². The second-order valence-electron chi connectivity index (χ2n) is 44.1. The van der Waals surface area contributed by atoms with Gasteiger partial charge >= 0.3 is 14.2 Å². The average Bonchev–Trinajstić information content (AvgIpc) is 1.55. The molecule has 2 fully saturated rings. The summed E-state index contributed by atoms with van der Waals surface area (Å²) < 4.78 is 33.9. The maximum absolute atomic E-state index is 6.61. The lowest BCUT2D eigenvalue weighted by molar-refractivity contribution is 0.00578. The summed E-state index contributed by atoms with van der Waals surface area (Å²) in [4.78, 5) is 0. The van der Waals surface area contributed by atoms with Crippen LogP contribution in [0.3, 0.4) is 0 Å². The van der Waals surface area contributed by atoms with Gasteiger partial charge in [0.25, 0.3) is 0 Å². The molecule has 0 bridgehead atoms. The Balaban J connectivity index is 0.000000217. The van der Waals surface area contributed by atoms with Gasteiger partial charge in [0.05, 0.1) is 29.0 Å². The third kappa shape index (κ3) is 23.9. The molecule has 14 rings (SSSR count). The smallest absolute Gasteiger partial charge is 0.494 e. The van der Waals surface area contributed by atoms with Gasteiger partial charge in [-0.3, -0.25) is 0 Å². The van der Waals surface area contributed by atoms with Gasteiger partial charge in [0.1, 0.15) is 21.9 Å². The van der Waals surface area contributed by atoms with Crippen LogP contribution in [-0.2, 0) is 18.6 Å². The van der Waals surface area contributed by atoms with Gasteiger partial charge in [0.2, 0.25) is 0 Å². The van der Waals surface area contributed by atoms with Crippen molar-refractivity contribution >= 4 is 78.0 Å². The van der Waals surface area contributed by atoms with Crippen molar-refractivity contribution in [3.05, 3.63) is 228 Å². The van der Waals surface area contributed by atoms with Gasteiger partial charge in [-0.05, 0) is 371 Å². The zero-order chi connectivity index (χ0) is 98.2. The zero-order valence-corrected chi connectivity index (χ0v) is 93.8. The van der Waals surface area contributed by atoms with Crippen molar-refractivity contribution in [3.63, 3.8) is 0 Å². The van der Waals surface area contributed by atoms with Gasteiger partial charge < -0.3 is 23.4 Å². The van der Waals surface area contributed by atoms with E-state index in [1.165, 1.54) is 382 Å². The molecule has 0 spiro atoms. The first-order valence-electron chi connectivity index (χ1n) is 54.1. The van der Waals surface area contributed by atoms with Crippen molar-refractivity contribution in [3.8, 4) is 83.6 Å². The summed E-state index contributed by atoms with van der Waals surface area (Å²) in [7, 11) is -5.06. The standard InChI is InChI=1S/C69H92OSi.C40H64B2O4Si.C17H19Br/c1-13-16-19-22-25-28-43-70-61-39-35-58(36-40-61)67-51(7)55(11)69(56(12)52(67)8)60-38-42-63-62-41-37-59(68-53(9)49(5)66(50(6)54(68)10)57-33-31-48(4)32-34-57)46-64(62)71(65(63)47-60,44-29-26-23-20-17-14-2)45-30-27-24-21-18-15-3;1-11-13-15-17-19-21-27-47(28-22-20-18-16-14-12-2)35-29-31(41-43-37(3,4)38(5,6)44-41)23-25-33(35)34-26-24-32(30-36(34)47)42-45-39(7,8)40(9,10)46-42;1-10-6-8-15(9-7-10)16-11(2)13(4)17(18)14(5)12(16)3/h31-42,46-47H,13-30,43-45H2,1-12H3;23-26,29-30H,11-22,27-28H2,1-10H3;6-9H,1-5H3. The van der Waals surface area contributed by atoms with E-state index in [9.17, 15) is 0 Å². The largest absolute Gasteiger partial charge is 0.494 e. The fourth-order valence-corrected chi connectivity index (χ4v) is 35.0. The highest BCUT2D eigenvalue weighted by Gasteiger charge is 2.55. The minimum absolute atomic E-state index is 0.343. The van der Waals surface area contributed by atoms with Gasteiger partial charge in [-0.1, -0.05) is 381 Å². The van der Waals surface area contributed by atoms with Gasteiger partial charge in [0.15, 0.2) is 0 Å². The Hall–Kier alpha value is -7.12. The Morgan fingerprint density at radius 2 is 0.471 bits per heavy atom. The fraction of sp³-hybridized carbons (Fsp3) is 0.524. The number of hydrogen-bond acceptors (Lipinski definition) is 5. The van der Waals surface area contributed by atoms with Gasteiger partial charge in [0, 0.05) is 4.47 Å². The SMILES string of the molecule is CCCCCCCCOc1ccc(-c2c(C)c(C)c(-c3ccc4c(c3)[Si](CCCCCCCC)(CCCCCCCC)c3cc(-c5c(C)c(C)c(-c6ccc(C)cc6)c(C)c5C)ccc3-4)c(C)c2C)cc1.CCCCCCCC[Si]1(CCCCCCCC)c2cc(B3OC(C)(C)C(C)(C)O3)ccc2-c2ccc(B3OC(C)(C)C(C)(C)O3)cc21.Cc1ccc(-c2c(C)c(C)c(Br)c(C)c2C)cc1. The van der Waals surface area contributed by atoms with E-state index in [-0.39, 0.29) is 36.6 Å². The van der Waals surface area contributed by atoms with E-state index in [1.807, 2.05) is 0 Å². The minimum atomic E-state index is -2.23. The third-order valence-corrected chi connectivity index (χ3v) is 45.4. The number of hydrogen-bond donors (Lipinski definition) is 0. The molecule has 10 heteroatoms. The van der Waals surface area contributed by atoms with E-state index in [1.54, 1.807) is 20.7 Å². The van der Waals surface area contributed by atoms with E-state index in [0.717, 1.165) is 18.8 Å². The zero-order valence-electron chi connectivity index (χ0n) is 90.2. The lowest BCUT2D eigenvalue weighted by atomic mass is 9.77. The molecule has 10 aromatic rings. The molecular weight excluding hydrogens is 1750 g/mol. The van der Waals surface area contributed by atoms with Crippen LogP contribution in [0.4, 0.5) is 0 Å². The summed E-state index contributed by atoms with van der Waals surface area (Å²) in [6.07, 6.45) is 39.7. The molecule has 4 aliphatic heterocycles. The Kier molecular flexibility index (Phi) is 38.1. The summed E-state index contributed by atoms with van der Waals surface area (Å²) in [6.45, 7) is 61.8. The molecule has 0 saturated carbocycles. The maximum Gasteiger partial charge on any atom is 0.494 e. The van der Waals surface area contributed by atoms with Crippen molar-refractivity contribution in [1.82, 2.24) is 0 Å². The number of benzene rings is 10. The summed E-state index contributed by atoms with van der Waals surface area (Å²) in [5.41, 5.74) is 40.0. The number of halogens is 1. The number of aryl methyl sites for hydroxylation is 2. The number of unbranched alkanes of at least 4 members (excludes halogenated alkanes) is 25. The molecule has 0 atom stereocenters. The molecule has 0 unspecified atom stereocenters. The quantitative estimate of drug-likeness (QED) is 0.0282. The van der Waals surface area contributed by atoms with Gasteiger partial charge in [-0.15, -0.1) is 0 Å². The van der Waals surface area contributed by atoms with E-state index < -0.39 is 16.1 Å². The number of ether oxygens (including phenoxy) is 1.